The highest BCUT2D eigenvalue weighted by Crippen LogP contribution is 2.30. The van der Waals surface area contributed by atoms with Crippen molar-refractivity contribution in [1.82, 2.24) is 0 Å². The molecule has 0 saturated heterocycles. The quantitative estimate of drug-likeness (QED) is 0.517. The largest absolute Gasteiger partial charge is 0.490 e. The van der Waals surface area contributed by atoms with Gasteiger partial charge in [-0.2, -0.15) is 5.26 Å². The number of benzene rings is 1. The molecule has 1 aromatic carbocycles. The molecule has 0 bridgehead atoms. The summed E-state index contributed by atoms with van der Waals surface area (Å²) in [7, 11) is 0. The highest BCUT2D eigenvalue weighted by Gasteiger charge is 2.39. The molecule has 0 spiro atoms. The number of carbonyl (C=O) groups is 1. The van der Waals surface area contributed by atoms with Crippen molar-refractivity contribution >= 4 is 5.97 Å². The lowest BCUT2D eigenvalue weighted by atomic mass is 9.80. The van der Waals surface area contributed by atoms with Gasteiger partial charge in [0.05, 0.1) is 12.7 Å². The number of ether oxygens (including phenoxy) is 2. The van der Waals surface area contributed by atoms with Gasteiger partial charge in [-0.25, -0.2) is 0 Å². The molecule has 0 aromatic heterocycles. The summed E-state index contributed by atoms with van der Waals surface area (Å²) in [6.07, 6.45) is 3.71. The van der Waals surface area contributed by atoms with Gasteiger partial charge < -0.3 is 9.47 Å². The highest BCUT2D eigenvalue weighted by molar-refractivity contribution is 5.80. The van der Waals surface area contributed by atoms with Crippen LogP contribution in [0.25, 0.3) is 0 Å². The van der Waals surface area contributed by atoms with E-state index in [1.165, 1.54) is 0 Å². The van der Waals surface area contributed by atoms with E-state index >= 15 is 0 Å². The van der Waals surface area contributed by atoms with Gasteiger partial charge in [-0.3, -0.25) is 4.79 Å². The standard InChI is InChI=1S/C18H21NO3/c1-4-10-18(14-19,17(20)21-6-3)13-15-8-7-9-16(12-15)22-11-5-2/h4-5,7-9,12H,1-2,6,10-11,13H2,3H3. The van der Waals surface area contributed by atoms with E-state index in [4.69, 9.17) is 9.47 Å². The molecule has 0 aliphatic heterocycles. The second-order valence-corrected chi connectivity index (χ2v) is 4.83. The summed E-state index contributed by atoms with van der Waals surface area (Å²) in [5.74, 6) is 0.154. The zero-order chi connectivity index (χ0) is 16.4. The van der Waals surface area contributed by atoms with E-state index in [-0.39, 0.29) is 19.4 Å². The fourth-order valence-electron chi connectivity index (χ4n) is 2.12. The summed E-state index contributed by atoms with van der Waals surface area (Å²) in [4.78, 5) is 12.2. The lowest BCUT2D eigenvalue weighted by Crippen LogP contribution is -2.33. The number of hydrogen-bond donors (Lipinski definition) is 0. The van der Waals surface area contributed by atoms with Crippen molar-refractivity contribution in [2.75, 3.05) is 13.2 Å². The molecule has 116 valence electrons. The molecule has 1 aromatic rings. The van der Waals surface area contributed by atoms with E-state index in [1.807, 2.05) is 24.3 Å². The minimum Gasteiger partial charge on any atom is -0.490 e. The van der Waals surface area contributed by atoms with Crippen LogP contribution in [0.2, 0.25) is 0 Å². The third-order valence-electron chi connectivity index (χ3n) is 3.15. The Hall–Kier alpha value is -2.54. The first-order chi connectivity index (χ1) is 10.6. The average molecular weight is 299 g/mol. The van der Waals surface area contributed by atoms with Crippen LogP contribution >= 0.6 is 0 Å². The highest BCUT2D eigenvalue weighted by atomic mass is 16.5. The van der Waals surface area contributed by atoms with Gasteiger partial charge in [0.25, 0.3) is 0 Å². The molecule has 0 aliphatic rings. The van der Waals surface area contributed by atoms with Crippen molar-refractivity contribution in [2.24, 2.45) is 5.41 Å². The molecule has 0 amide bonds. The van der Waals surface area contributed by atoms with Crippen molar-refractivity contribution in [1.29, 1.82) is 5.26 Å². The van der Waals surface area contributed by atoms with Crippen molar-refractivity contribution in [2.45, 2.75) is 19.8 Å². The zero-order valence-electron chi connectivity index (χ0n) is 12.9. The van der Waals surface area contributed by atoms with E-state index in [1.54, 1.807) is 19.1 Å². The lowest BCUT2D eigenvalue weighted by Gasteiger charge is -2.23. The Balaban J connectivity index is 3.03. The average Bonchev–Trinajstić information content (AvgIpc) is 2.53. The Morgan fingerprint density at radius 2 is 2.18 bits per heavy atom. The van der Waals surface area contributed by atoms with Gasteiger partial charge in [0.2, 0.25) is 0 Å². The molecule has 1 atom stereocenters. The fraction of sp³-hybridized carbons (Fsp3) is 0.333. The normalized spacial score (nSPS) is 12.5. The maximum absolute atomic E-state index is 12.2. The van der Waals surface area contributed by atoms with Gasteiger partial charge in [0, 0.05) is 6.42 Å². The monoisotopic (exact) mass is 299 g/mol. The van der Waals surface area contributed by atoms with Crippen molar-refractivity contribution in [3.05, 3.63) is 55.1 Å². The third kappa shape index (κ3) is 4.49. The molecule has 22 heavy (non-hydrogen) atoms. The molecule has 0 fully saturated rings. The summed E-state index contributed by atoms with van der Waals surface area (Å²) in [6.45, 7) is 9.60. The maximum Gasteiger partial charge on any atom is 0.327 e. The van der Waals surface area contributed by atoms with Crippen LogP contribution in [0.5, 0.6) is 5.75 Å². The molecule has 4 nitrogen and oxygen atoms in total. The first kappa shape index (κ1) is 17.5. The number of nitrogens with zero attached hydrogens (tertiary/aromatic N) is 1. The second kappa shape index (κ2) is 8.68. The van der Waals surface area contributed by atoms with Crippen LogP contribution in [0.1, 0.15) is 18.9 Å². The minimum atomic E-state index is -1.26. The summed E-state index contributed by atoms with van der Waals surface area (Å²) < 4.78 is 10.5. The summed E-state index contributed by atoms with van der Waals surface area (Å²) in [5, 5.41) is 9.53. The molecule has 1 unspecified atom stereocenters. The van der Waals surface area contributed by atoms with E-state index in [2.05, 4.69) is 19.2 Å². The summed E-state index contributed by atoms with van der Waals surface area (Å²) in [6, 6.07) is 9.43. The van der Waals surface area contributed by atoms with E-state index < -0.39 is 11.4 Å². The predicted octanol–water partition coefficient (Wildman–Crippen LogP) is 3.44. The molecule has 0 N–H and O–H groups in total. The topological polar surface area (TPSA) is 59.3 Å². The van der Waals surface area contributed by atoms with Crippen LogP contribution in [0, 0.1) is 16.7 Å². The van der Waals surface area contributed by atoms with E-state index in [9.17, 15) is 10.1 Å². The van der Waals surface area contributed by atoms with Gasteiger partial charge in [-0.15, -0.1) is 6.58 Å². The fourth-order valence-corrected chi connectivity index (χ4v) is 2.12. The molecule has 1 rings (SSSR count). The molecule has 0 radical (unpaired) electrons. The number of rotatable bonds is 9. The Bertz CT molecular complexity index is 574. The zero-order valence-corrected chi connectivity index (χ0v) is 12.9. The first-order valence-electron chi connectivity index (χ1n) is 7.14. The van der Waals surface area contributed by atoms with Crippen LogP contribution in [0.15, 0.2) is 49.6 Å². The number of nitriles is 1. The van der Waals surface area contributed by atoms with Gasteiger partial charge in [-0.1, -0.05) is 30.9 Å². The van der Waals surface area contributed by atoms with Crippen molar-refractivity contribution in [3.8, 4) is 11.8 Å². The van der Waals surface area contributed by atoms with Crippen LogP contribution in [-0.2, 0) is 16.0 Å². The molecule has 0 aliphatic carbocycles. The van der Waals surface area contributed by atoms with Gasteiger partial charge in [0.1, 0.15) is 12.4 Å². The first-order valence-corrected chi connectivity index (χ1v) is 7.14. The molecular weight excluding hydrogens is 278 g/mol. The number of carbonyl (C=O) groups excluding carboxylic acids is 1. The predicted molar refractivity (Wildman–Crippen MR) is 85.3 cm³/mol. The molecule has 4 heteroatoms. The third-order valence-corrected chi connectivity index (χ3v) is 3.15. The number of allylic oxidation sites excluding steroid dienone is 1. The van der Waals surface area contributed by atoms with Crippen LogP contribution in [-0.4, -0.2) is 19.2 Å². The van der Waals surface area contributed by atoms with Crippen LogP contribution in [0.4, 0.5) is 0 Å². The molecule has 0 heterocycles. The van der Waals surface area contributed by atoms with Crippen LogP contribution in [0.3, 0.4) is 0 Å². The van der Waals surface area contributed by atoms with Gasteiger partial charge in [0.15, 0.2) is 5.41 Å². The Morgan fingerprint density at radius 1 is 1.41 bits per heavy atom. The number of esters is 1. The van der Waals surface area contributed by atoms with E-state index in [0.29, 0.717) is 12.4 Å². The van der Waals surface area contributed by atoms with Crippen LogP contribution < -0.4 is 4.74 Å². The number of hydrogen-bond acceptors (Lipinski definition) is 4. The summed E-state index contributed by atoms with van der Waals surface area (Å²) in [5.41, 5.74) is -0.424. The Kier molecular flexibility index (Phi) is 6.91. The van der Waals surface area contributed by atoms with Crippen molar-refractivity contribution in [3.63, 3.8) is 0 Å². The second-order valence-electron chi connectivity index (χ2n) is 4.83. The van der Waals surface area contributed by atoms with Gasteiger partial charge >= 0.3 is 5.97 Å². The van der Waals surface area contributed by atoms with Gasteiger partial charge in [-0.05, 0) is 31.0 Å². The van der Waals surface area contributed by atoms with Crippen molar-refractivity contribution < 1.29 is 14.3 Å². The van der Waals surface area contributed by atoms with E-state index in [0.717, 1.165) is 5.56 Å². The lowest BCUT2D eigenvalue weighted by molar-refractivity contribution is -0.151. The molecule has 0 saturated carbocycles. The Morgan fingerprint density at radius 3 is 2.77 bits per heavy atom. The molecular formula is C18H21NO3. The minimum absolute atomic E-state index is 0.236. The smallest absolute Gasteiger partial charge is 0.327 e. The maximum atomic E-state index is 12.2. The SMILES string of the molecule is C=CCOc1cccc(CC(C#N)(CC=C)C(=O)OCC)c1. The Labute approximate surface area is 131 Å². The summed E-state index contributed by atoms with van der Waals surface area (Å²) >= 11 is 0.